The number of carbonyl (C=O) groups is 1. The van der Waals surface area contributed by atoms with Crippen LogP contribution in [0.3, 0.4) is 0 Å². The molecule has 0 radical (unpaired) electrons. The molecule has 1 aliphatic heterocycles. The average molecular weight is 368 g/mol. The van der Waals surface area contributed by atoms with Gasteiger partial charge < -0.3 is 25.2 Å². The van der Waals surface area contributed by atoms with Crippen molar-refractivity contribution in [2.45, 2.75) is 6.42 Å². The molecule has 1 heterocycles. The first-order valence-corrected chi connectivity index (χ1v) is 9.35. The molecule has 0 aromatic heterocycles. The van der Waals surface area contributed by atoms with E-state index in [1.807, 2.05) is 36.4 Å². The average Bonchev–Trinajstić information content (AvgIpc) is 2.69. The summed E-state index contributed by atoms with van der Waals surface area (Å²) in [5, 5.41) is 6.20. The second-order valence-electron chi connectivity index (χ2n) is 6.79. The van der Waals surface area contributed by atoms with Crippen molar-refractivity contribution in [3.05, 3.63) is 48.5 Å². The van der Waals surface area contributed by atoms with Crippen molar-refractivity contribution in [1.29, 1.82) is 0 Å². The first kappa shape index (κ1) is 19.0. The van der Waals surface area contributed by atoms with Gasteiger partial charge in [-0.2, -0.15) is 0 Å². The summed E-state index contributed by atoms with van der Waals surface area (Å²) in [5.41, 5.74) is 2.98. The predicted molar refractivity (Wildman–Crippen MR) is 111 cm³/mol. The summed E-state index contributed by atoms with van der Waals surface area (Å²) in [6.07, 6.45) is 0.400. The molecule has 2 aromatic rings. The minimum absolute atomic E-state index is 0.00209. The standard InChI is InChI=1S/C21H28N4O2/c1-24-12-14-25(15-13-24)19-8-6-17(7-9-19)23-21(26)10-11-22-18-4-3-5-20(16-18)27-2/h3-9,16,22H,10-15H2,1-2H3,(H,23,26). The highest BCUT2D eigenvalue weighted by atomic mass is 16.5. The van der Waals surface area contributed by atoms with Gasteiger partial charge in [-0.25, -0.2) is 0 Å². The molecule has 0 bridgehead atoms. The van der Waals surface area contributed by atoms with Crippen LogP contribution in [0.5, 0.6) is 5.75 Å². The lowest BCUT2D eigenvalue weighted by Gasteiger charge is -2.34. The van der Waals surface area contributed by atoms with E-state index >= 15 is 0 Å². The van der Waals surface area contributed by atoms with Crippen LogP contribution in [-0.2, 0) is 4.79 Å². The van der Waals surface area contributed by atoms with E-state index < -0.39 is 0 Å². The van der Waals surface area contributed by atoms with Crippen LogP contribution in [0.15, 0.2) is 48.5 Å². The van der Waals surface area contributed by atoms with Gasteiger partial charge in [-0.15, -0.1) is 0 Å². The lowest BCUT2D eigenvalue weighted by molar-refractivity contribution is -0.115. The normalized spacial score (nSPS) is 14.7. The predicted octanol–water partition coefficient (Wildman–Crippen LogP) is 2.89. The zero-order chi connectivity index (χ0) is 19.1. The lowest BCUT2D eigenvalue weighted by atomic mass is 10.2. The van der Waals surface area contributed by atoms with Gasteiger partial charge in [0.1, 0.15) is 5.75 Å². The number of benzene rings is 2. The van der Waals surface area contributed by atoms with Crippen LogP contribution < -0.4 is 20.3 Å². The van der Waals surface area contributed by atoms with Gasteiger partial charge in [-0.05, 0) is 43.4 Å². The molecule has 2 N–H and O–H groups in total. The Hall–Kier alpha value is -2.73. The maximum atomic E-state index is 12.2. The van der Waals surface area contributed by atoms with E-state index in [4.69, 9.17) is 4.74 Å². The van der Waals surface area contributed by atoms with Gasteiger partial charge in [0.25, 0.3) is 0 Å². The van der Waals surface area contributed by atoms with Crippen LogP contribution in [0.25, 0.3) is 0 Å². The van der Waals surface area contributed by atoms with E-state index in [0.29, 0.717) is 13.0 Å². The van der Waals surface area contributed by atoms with Crippen LogP contribution in [0, 0.1) is 0 Å². The molecule has 1 amide bonds. The Balaban J connectivity index is 1.43. The quantitative estimate of drug-likeness (QED) is 0.787. The fourth-order valence-corrected chi connectivity index (χ4v) is 3.10. The molecule has 0 saturated carbocycles. The summed E-state index contributed by atoms with van der Waals surface area (Å²) in [4.78, 5) is 16.9. The van der Waals surface area contributed by atoms with E-state index in [2.05, 4.69) is 39.6 Å². The molecular formula is C21H28N4O2. The Bertz CT molecular complexity index is 740. The third-order valence-corrected chi connectivity index (χ3v) is 4.77. The monoisotopic (exact) mass is 368 g/mol. The Labute approximate surface area is 161 Å². The van der Waals surface area contributed by atoms with Gasteiger partial charge >= 0.3 is 0 Å². The summed E-state index contributed by atoms with van der Waals surface area (Å²) >= 11 is 0. The van der Waals surface area contributed by atoms with Crippen LogP contribution in [0.4, 0.5) is 17.1 Å². The van der Waals surface area contributed by atoms with Crippen LogP contribution in [-0.4, -0.2) is 57.7 Å². The zero-order valence-corrected chi connectivity index (χ0v) is 16.1. The van der Waals surface area contributed by atoms with E-state index in [0.717, 1.165) is 43.3 Å². The van der Waals surface area contributed by atoms with Crippen molar-refractivity contribution >= 4 is 23.0 Å². The van der Waals surface area contributed by atoms with Crippen molar-refractivity contribution in [2.75, 3.05) is 62.4 Å². The number of carbonyl (C=O) groups excluding carboxylic acids is 1. The van der Waals surface area contributed by atoms with E-state index in [9.17, 15) is 4.79 Å². The summed E-state index contributed by atoms with van der Waals surface area (Å²) < 4.78 is 5.19. The summed E-state index contributed by atoms with van der Waals surface area (Å²) in [7, 11) is 3.79. The Kier molecular flexibility index (Phi) is 6.54. The zero-order valence-electron chi connectivity index (χ0n) is 16.1. The lowest BCUT2D eigenvalue weighted by Crippen LogP contribution is -2.44. The second-order valence-corrected chi connectivity index (χ2v) is 6.79. The van der Waals surface area contributed by atoms with E-state index in [1.165, 1.54) is 5.69 Å². The van der Waals surface area contributed by atoms with Crippen molar-refractivity contribution in [1.82, 2.24) is 4.90 Å². The number of hydrogen-bond donors (Lipinski definition) is 2. The van der Waals surface area contributed by atoms with Crippen LogP contribution >= 0.6 is 0 Å². The number of amides is 1. The van der Waals surface area contributed by atoms with Crippen LogP contribution in [0.2, 0.25) is 0 Å². The molecule has 2 aromatic carbocycles. The maximum Gasteiger partial charge on any atom is 0.226 e. The molecular weight excluding hydrogens is 340 g/mol. The van der Waals surface area contributed by atoms with E-state index in [1.54, 1.807) is 7.11 Å². The van der Waals surface area contributed by atoms with Crippen LogP contribution in [0.1, 0.15) is 6.42 Å². The molecule has 1 fully saturated rings. The number of anilines is 3. The molecule has 6 heteroatoms. The van der Waals surface area contributed by atoms with Crippen molar-refractivity contribution in [2.24, 2.45) is 0 Å². The first-order valence-electron chi connectivity index (χ1n) is 9.35. The molecule has 0 atom stereocenters. The van der Waals surface area contributed by atoms with Crippen molar-refractivity contribution in [3.63, 3.8) is 0 Å². The van der Waals surface area contributed by atoms with Gasteiger partial charge in [-0.3, -0.25) is 4.79 Å². The number of likely N-dealkylation sites (N-methyl/N-ethyl adjacent to an activating group) is 1. The number of methoxy groups -OCH3 is 1. The fraction of sp³-hybridized carbons (Fsp3) is 0.381. The molecule has 0 spiro atoms. The number of nitrogens with one attached hydrogen (secondary N) is 2. The molecule has 0 aliphatic carbocycles. The van der Waals surface area contributed by atoms with Gasteiger partial charge in [0.05, 0.1) is 7.11 Å². The summed E-state index contributed by atoms with van der Waals surface area (Å²) in [6.45, 7) is 4.81. The summed E-state index contributed by atoms with van der Waals surface area (Å²) in [5.74, 6) is 0.794. The number of nitrogens with zero attached hydrogens (tertiary/aromatic N) is 2. The van der Waals surface area contributed by atoms with Gasteiger partial charge in [0.15, 0.2) is 0 Å². The maximum absolute atomic E-state index is 12.2. The molecule has 6 nitrogen and oxygen atoms in total. The van der Waals surface area contributed by atoms with Crippen molar-refractivity contribution in [3.8, 4) is 5.75 Å². The Morgan fingerprint density at radius 1 is 1.04 bits per heavy atom. The van der Waals surface area contributed by atoms with Gasteiger partial charge in [0.2, 0.25) is 5.91 Å². The molecule has 3 rings (SSSR count). The largest absolute Gasteiger partial charge is 0.497 e. The highest BCUT2D eigenvalue weighted by molar-refractivity contribution is 5.91. The first-order chi connectivity index (χ1) is 13.1. The highest BCUT2D eigenvalue weighted by Gasteiger charge is 2.14. The number of piperazine rings is 1. The third kappa shape index (κ3) is 5.62. The topological polar surface area (TPSA) is 56.8 Å². The minimum Gasteiger partial charge on any atom is -0.497 e. The number of hydrogen-bond acceptors (Lipinski definition) is 5. The molecule has 1 saturated heterocycles. The van der Waals surface area contributed by atoms with Gasteiger partial charge in [-0.1, -0.05) is 6.07 Å². The van der Waals surface area contributed by atoms with Crippen molar-refractivity contribution < 1.29 is 9.53 Å². The fourth-order valence-electron chi connectivity index (χ4n) is 3.10. The SMILES string of the molecule is COc1cccc(NCCC(=O)Nc2ccc(N3CCN(C)CC3)cc2)c1. The smallest absolute Gasteiger partial charge is 0.226 e. The molecule has 27 heavy (non-hydrogen) atoms. The molecule has 1 aliphatic rings. The Morgan fingerprint density at radius 3 is 2.48 bits per heavy atom. The molecule has 144 valence electrons. The third-order valence-electron chi connectivity index (χ3n) is 4.77. The summed E-state index contributed by atoms with van der Waals surface area (Å²) in [6, 6.07) is 15.8. The molecule has 0 unspecified atom stereocenters. The van der Waals surface area contributed by atoms with Gasteiger partial charge in [0, 0.05) is 62.3 Å². The second kappa shape index (κ2) is 9.28. The highest BCUT2D eigenvalue weighted by Crippen LogP contribution is 2.20. The minimum atomic E-state index is -0.00209. The number of rotatable bonds is 7. The van der Waals surface area contributed by atoms with E-state index in [-0.39, 0.29) is 5.91 Å². The number of ether oxygens (including phenoxy) is 1. The Morgan fingerprint density at radius 2 is 1.78 bits per heavy atom.